The van der Waals surface area contributed by atoms with Gasteiger partial charge in [-0.1, -0.05) is 11.6 Å². The zero-order chi connectivity index (χ0) is 18.3. The van der Waals surface area contributed by atoms with Crippen molar-refractivity contribution in [2.75, 3.05) is 24.6 Å². The molecule has 24 heavy (non-hydrogen) atoms. The van der Waals surface area contributed by atoms with Gasteiger partial charge in [-0.2, -0.15) is 0 Å². The van der Waals surface area contributed by atoms with E-state index in [1.165, 1.54) is 7.05 Å². The number of carbonyl (C=O) groups is 2. The van der Waals surface area contributed by atoms with Crippen molar-refractivity contribution in [1.29, 1.82) is 0 Å². The van der Waals surface area contributed by atoms with E-state index >= 15 is 0 Å². The average Bonchev–Trinajstić information content (AvgIpc) is 2.49. The van der Waals surface area contributed by atoms with E-state index in [4.69, 9.17) is 17.3 Å². The lowest BCUT2D eigenvalue weighted by Gasteiger charge is -2.13. The number of halogens is 1. The molecule has 132 valence electrons. The zero-order valence-electron chi connectivity index (χ0n) is 13.9. The number of carbonyl (C=O) groups excluding carboxylic acids is 2. The van der Waals surface area contributed by atoms with Gasteiger partial charge in [0.2, 0.25) is 5.96 Å². The van der Waals surface area contributed by atoms with Gasteiger partial charge < -0.3 is 16.4 Å². The van der Waals surface area contributed by atoms with Crippen LogP contribution in [0.5, 0.6) is 0 Å². The maximum absolute atomic E-state index is 12.2. The number of nitrogens with two attached hydrogens (primary N) is 1. The molecule has 1 rings (SSSR count). The molecule has 0 aromatic carbocycles. The molecular formula is C13H21ClN8O2. The van der Waals surface area contributed by atoms with Crippen molar-refractivity contribution < 1.29 is 9.59 Å². The average molecular weight is 357 g/mol. The van der Waals surface area contributed by atoms with E-state index < -0.39 is 11.9 Å². The Kier molecular flexibility index (Phi) is 7.18. The summed E-state index contributed by atoms with van der Waals surface area (Å²) in [5.41, 5.74) is 5.59. The second kappa shape index (κ2) is 8.87. The van der Waals surface area contributed by atoms with Crippen LogP contribution in [0.2, 0.25) is 5.15 Å². The molecule has 0 fully saturated rings. The van der Waals surface area contributed by atoms with Gasteiger partial charge in [-0.25, -0.2) is 14.8 Å². The predicted octanol–water partition coefficient (Wildman–Crippen LogP) is 0.567. The Morgan fingerprint density at radius 1 is 1.29 bits per heavy atom. The number of aromatic nitrogens is 2. The molecule has 10 nitrogen and oxygen atoms in total. The van der Waals surface area contributed by atoms with Gasteiger partial charge in [0.05, 0.1) is 0 Å². The van der Waals surface area contributed by atoms with Crippen LogP contribution in [0, 0.1) is 0 Å². The van der Waals surface area contributed by atoms with Crippen molar-refractivity contribution in [1.82, 2.24) is 25.9 Å². The molecule has 1 aromatic rings. The highest BCUT2D eigenvalue weighted by Crippen LogP contribution is 2.21. The van der Waals surface area contributed by atoms with E-state index in [9.17, 15) is 9.59 Å². The number of guanidine groups is 1. The number of hydrogen-bond donors (Lipinski definition) is 5. The number of urea groups is 1. The first-order valence-corrected chi connectivity index (χ1v) is 7.58. The van der Waals surface area contributed by atoms with Crippen LogP contribution in [-0.4, -0.2) is 47.5 Å². The largest absolute Gasteiger partial charge is 0.382 e. The first kappa shape index (κ1) is 19.4. The standard InChI is InChI=1S/C13H21ClN8O2/c1-5-17-13(24)22-12(16-4)21-11(23)7-9(15)20-10(8(14)19-7)18-6(2)3/h6H,5H2,1-4H3,(H3,15,18,20)(H3,16,17,21,22,23,24). The van der Waals surface area contributed by atoms with Gasteiger partial charge in [-0.05, 0) is 20.8 Å². The molecule has 1 heterocycles. The molecule has 0 saturated heterocycles. The maximum Gasteiger partial charge on any atom is 0.321 e. The second-order valence-corrected chi connectivity index (χ2v) is 5.26. The first-order chi connectivity index (χ1) is 11.3. The van der Waals surface area contributed by atoms with Crippen LogP contribution in [0.15, 0.2) is 4.99 Å². The van der Waals surface area contributed by atoms with E-state index in [1.54, 1.807) is 6.92 Å². The Labute approximate surface area is 144 Å². The molecule has 0 aliphatic heterocycles. The fourth-order valence-corrected chi connectivity index (χ4v) is 1.76. The van der Waals surface area contributed by atoms with Gasteiger partial charge in [-0.15, -0.1) is 0 Å². The van der Waals surface area contributed by atoms with Gasteiger partial charge >= 0.3 is 6.03 Å². The summed E-state index contributed by atoms with van der Waals surface area (Å²) in [5, 5.41) is 10.2. The molecule has 11 heteroatoms. The number of aliphatic imine (C=N–C) groups is 1. The van der Waals surface area contributed by atoms with Crippen molar-refractivity contribution >= 4 is 41.1 Å². The molecule has 0 atom stereocenters. The Balaban J connectivity index is 2.91. The normalized spacial score (nSPS) is 11.2. The van der Waals surface area contributed by atoms with Crippen LogP contribution in [0.4, 0.5) is 16.4 Å². The Hall–Kier alpha value is -2.62. The lowest BCUT2D eigenvalue weighted by Crippen LogP contribution is -2.48. The van der Waals surface area contributed by atoms with Crippen LogP contribution in [0.1, 0.15) is 31.3 Å². The molecule has 0 spiro atoms. The molecule has 0 unspecified atom stereocenters. The van der Waals surface area contributed by atoms with Crippen molar-refractivity contribution in [3.05, 3.63) is 10.8 Å². The summed E-state index contributed by atoms with van der Waals surface area (Å²) in [7, 11) is 1.40. The molecule has 1 aromatic heterocycles. The number of amides is 3. The molecule has 0 radical (unpaired) electrons. The first-order valence-electron chi connectivity index (χ1n) is 7.21. The summed E-state index contributed by atoms with van der Waals surface area (Å²) in [4.78, 5) is 35.4. The van der Waals surface area contributed by atoms with Gasteiger partial charge in [0.1, 0.15) is 0 Å². The van der Waals surface area contributed by atoms with Gasteiger partial charge in [0.25, 0.3) is 5.91 Å². The van der Waals surface area contributed by atoms with Crippen molar-refractivity contribution in [3.63, 3.8) is 0 Å². The third-order valence-corrected chi connectivity index (χ3v) is 2.81. The highest BCUT2D eigenvalue weighted by Gasteiger charge is 2.19. The lowest BCUT2D eigenvalue weighted by atomic mass is 10.3. The minimum absolute atomic E-state index is 0.00900. The number of hydrogen-bond acceptors (Lipinski definition) is 7. The van der Waals surface area contributed by atoms with Crippen LogP contribution >= 0.6 is 11.6 Å². The topological polar surface area (TPSA) is 146 Å². The SMILES string of the molecule is CCNC(=O)NC(=NC)NC(=O)c1nc(Cl)c(NC(C)C)nc1N. The van der Waals surface area contributed by atoms with Crippen LogP contribution in [0.25, 0.3) is 0 Å². The van der Waals surface area contributed by atoms with Crippen LogP contribution in [0.3, 0.4) is 0 Å². The van der Waals surface area contributed by atoms with Crippen molar-refractivity contribution in [3.8, 4) is 0 Å². The number of anilines is 2. The quantitative estimate of drug-likeness (QED) is 0.393. The molecule has 0 bridgehead atoms. The highest BCUT2D eigenvalue weighted by molar-refractivity contribution is 6.32. The zero-order valence-corrected chi connectivity index (χ0v) is 14.7. The monoisotopic (exact) mass is 356 g/mol. The van der Waals surface area contributed by atoms with E-state index in [0.717, 1.165) is 0 Å². The fraction of sp³-hybridized carbons (Fsp3) is 0.462. The third kappa shape index (κ3) is 5.54. The number of nitrogens with one attached hydrogen (secondary N) is 4. The summed E-state index contributed by atoms with van der Waals surface area (Å²) in [6.45, 7) is 5.97. The van der Waals surface area contributed by atoms with Gasteiger partial charge in [-0.3, -0.25) is 20.4 Å². The number of nitrogen functional groups attached to an aromatic ring is 1. The number of rotatable bonds is 4. The molecule has 3 amide bonds. The third-order valence-electron chi connectivity index (χ3n) is 2.55. The predicted molar refractivity (Wildman–Crippen MR) is 93.2 cm³/mol. The van der Waals surface area contributed by atoms with Crippen molar-refractivity contribution in [2.45, 2.75) is 26.8 Å². The van der Waals surface area contributed by atoms with Gasteiger partial charge in [0, 0.05) is 19.6 Å². The van der Waals surface area contributed by atoms with E-state index in [2.05, 4.69) is 36.2 Å². The Morgan fingerprint density at radius 2 is 1.96 bits per heavy atom. The molecule has 0 aliphatic rings. The lowest BCUT2D eigenvalue weighted by molar-refractivity contribution is 0.0972. The molecule has 0 aliphatic carbocycles. The van der Waals surface area contributed by atoms with Crippen LogP contribution < -0.4 is 27.0 Å². The smallest absolute Gasteiger partial charge is 0.321 e. The number of nitrogens with zero attached hydrogens (tertiary/aromatic N) is 3. The van der Waals surface area contributed by atoms with E-state index in [-0.39, 0.29) is 34.5 Å². The minimum Gasteiger partial charge on any atom is -0.382 e. The summed E-state index contributed by atoms with van der Waals surface area (Å²) < 4.78 is 0. The van der Waals surface area contributed by atoms with Crippen LogP contribution in [-0.2, 0) is 0 Å². The summed E-state index contributed by atoms with van der Waals surface area (Å²) in [5.74, 6) is -0.581. The molecule has 6 N–H and O–H groups in total. The fourth-order valence-electron chi connectivity index (χ4n) is 1.58. The summed E-state index contributed by atoms with van der Waals surface area (Å²) in [6, 6.07) is -0.442. The van der Waals surface area contributed by atoms with E-state index in [1.807, 2.05) is 13.8 Å². The summed E-state index contributed by atoms with van der Waals surface area (Å²) >= 11 is 6.00. The Bertz CT molecular complexity index is 647. The maximum atomic E-state index is 12.2. The van der Waals surface area contributed by atoms with E-state index in [0.29, 0.717) is 6.54 Å². The second-order valence-electron chi connectivity index (χ2n) is 4.91. The van der Waals surface area contributed by atoms with Gasteiger partial charge in [0.15, 0.2) is 22.5 Å². The summed E-state index contributed by atoms with van der Waals surface area (Å²) in [6.07, 6.45) is 0. The minimum atomic E-state index is -0.699. The molecule has 0 saturated carbocycles. The molecular weight excluding hydrogens is 336 g/mol. The van der Waals surface area contributed by atoms with Crippen molar-refractivity contribution in [2.24, 2.45) is 4.99 Å². The Morgan fingerprint density at radius 3 is 2.50 bits per heavy atom. The highest BCUT2D eigenvalue weighted by atomic mass is 35.5.